The van der Waals surface area contributed by atoms with Crippen molar-refractivity contribution in [2.75, 3.05) is 32.8 Å². The van der Waals surface area contributed by atoms with Crippen LogP contribution in [0.3, 0.4) is 0 Å². The number of amides is 1. The summed E-state index contributed by atoms with van der Waals surface area (Å²) >= 11 is 0. The third kappa shape index (κ3) is 8.87. The number of ether oxygens (including phenoxy) is 1. The Morgan fingerprint density at radius 2 is 1.58 bits per heavy atom. The van der Waals surface area contributed by atoms with Crippen LogP contribution in [0.25, 0.3) is 0 Å². The van der Waals surface area contributed by atoms with E-state index in [0.29, 0.717) is 32.8 Å². The number of furan rings is 1. The van der Waals surface area contributed by atoms with E-state index >= 15 is 0 Å². The highest BCUT2D eigenvalue weighted by Crippen LogP contribution is 2.13. The lowest BCUT2D eigenvalue weighted by Gasteiger charge is -2.27. The van der Waals surface area contributed by atoms with Crippen LogP contribution in [0.15, 0.2) is 77.2 Å². The molecule has 0 aliphatic carbocycles. The minimum atomic E-state index is 0.118. The zero-order valence-electron chi connectivity index (χ0n) is 19.9. The van der Waals surface area contributed by atoms with Gasteiger partial charge in [-0.05, 0) is 49.9 Å². The van der Waals surface area contributed by atoms with Crippen LogP contribution in [0, 0.1) is 6.92 Å². The van der Waals surface area contributed by atoms with Gasteiger partial charge in [-0.15, -0.1) is 0 Å². The maximum Gasteiger partial charge on any atom is 0.237 e. The Kier molecular flexibility index (Phi) is 10.2. The topological polar surface area (TPSA) is 45.9 Å². The molecule has 3 rings (SSSR count). The van der Waals surface area contributed by atoms with E-state index in [1.165, 1.54) is 11.1 Å². The third-order valence-electron chi connectivity index (χ3n) is 5.58. The molecule has 1 heterocycles. The minimum Gasteiger partial charge on any atom is -0.464 e. The van der Waals surface area contributed by atoms with Crippen molar-refractivity contribution in [2.24, 2.45) is 0 Å². The van der Waals surface area contributed by atoms with Crippen LogP contribution < -0.4 is 0 Å². The number of nitrogens with zero attached hydrogens (tertiary/aromatic N) is 2. The van der Waals surface area contributed by atoms with Crippen molar-refractivity contribution in [2.45, 2.75) is 39.8 Å². The predicted molar refractivity (Wildman–Crippen MR) is 132 cm³/mol. The molecule has 0 aliphatic rings. The summed E-state index contributed by atoms with van der Waals surface area (Å²) in [6.07, 6.45) is 1.71. The normalized spacial score (nSPS) is 11.1. The van der Waals surface area contributed by atoms with E-state index in [0.717, 1.165) is 37.5 Å². The number of rotatable bonds is 14. The number of hydrogen-bond donors (Lipinski definition) is 0. The molecule has 3 aromatic rings. The highest BCUT2D eigenvalue weighted by Gasteiger charge is 2.19. The Hall–Kier alpha value is -2.89. The van der Waals surface area contributed by atoms with Crippen molar-refractivity contribution < 1.29 is 13.9 Å². The Bertz CT molecular complexity index is 940. The highest BCUT2D eigenvalue weighted by atomic mass is 16.5. The average molecular weight is 449 g/mol. The molecule has 176 valence electrons. The van der Waals surface area contributed by atoms with E-state index in [2.05, 4.69) is 29.2 Å². The van der Waals surface area contributed by atoms with E-state index < -0.39 is 0 Å². The fourth-order valence-corrected chi connectivity index (χ4v) is 3.84. The smallest absolute Gasteiger partial charge is 0.237 e. The van der Waals surface area contributed by atoms with E-state index in [4.69, 9.17) is 9.15 Å². The number of hydrogen-bond acceptors (Lipinski definition) is 4. The van der Waals surface area contributed by atoms with Crippen LogP contribution in [0.4, 0.5) is 0 Å². The van der Waals surface area contributed by atoms with E-state index in [1.807, 2.05) is 67.3 Å². The average Bonchev–Trinajstić information content (AvgIpc) is 3.25. The molecule has 0 aliphatic heterocycles. The van der Waals surface area contributed by atoms with Crippen LogP contribution in [0.1, 0.15) is 36.0 Å². The summed E-state index contributed by atoms with van der Waals surface area (Å²) in [5.41, 5.74) is 2.43. The van der Waals surface area contributed by atoms with Gasteiger partial charge in [-0.3, -0.25) is 9.69 Å². The molecular formula is C28H36N2O3. The van der Waals surface area contributed by atoms with Gasteiger partial charge >= 0.3 is 0 Å². The van der Waals surface area contributed by atoms with Gasteiger partial charge in [0.05, 0.1) is 13.1 Å². The second kappa shape index (κ2) is 13.6. The second-order valence-electron chi connectivity index (χ2n) is 8.31. The summed E-state index contributed by atoms with van der Waals surface area (Å²) in [6.45, 7) is 8.42. The molecule has 0 atom stereocenters. The predicted octanol–water partition coefficient (Wildman–Crippen LogP) is 5.09. The summed E-state index contributed by atoms with van der Waals surface area (Å²) in [7, 11) is 0. The zero-order valence-corrected chi connectivity index (χ0v) is 19.9. The molecule has 0 spiro atoms. The minimum absolute atomic E-state index is 0.118. The second-order valence-corrected chi connectivity index (χ2v) is 8.31. The van der Waals surface area contributed by atoms with E-state index in [1.54, 1.807) is 0 Å². The molecule has 33 heavy (non-hydrogen) atoms. The molecular weight excluding hydrogens is 412 g/mol. The maximum atomic E-state index is 13.5. The summed E-state index contributed by atoms with van der Waals surface area (Å²) in [5, 5.41) is 0. The Labute approximate surface area is 198 Å². The lowest BCUT2D eigenvalue weighted by Crippen LogP contribution is -2.41. The summed E-state index contributed by atoms with van der Waals surface area (Å²) in [5.74, 6) is 1.80. The van der Waals surface area contributed by atoms with Gasteiger partial charge in [-0.25, -0.2) is 0 Å². The first-order valence-corrected chi connectivity index (χ1v) is 11.8. The van der Waals surface area contributed by atoms with Gasteiger partial charge in [0, 0.05) is 32.8 Å². The molecule has 5 heteroatoms. The Morgan fingerprint density at radius 3 is 2.21 bits per heavy atom. The molecule has 2 aromatic carbocycles. The molecule has 5 nitrogen and oxygen atoms in total. The van der Waals surface area contributed by atoms with Crippen molar-refractivity contribution in [3.05, 3.63) is 95.4 Å². The highest BCUT2D eigenvalue weighted by molar-refractivity contribution is 5.78. The van der Waals surface area contributed by atoms with Crippen molar-refractivity contribution in [3.63, 3.8) is 0 Å². The van der Waals surface area contributed by atoms with E-state index in [9.17, 15) is 4.79 Å². The number of benzene rings is 2. The van der Waals surface area contributed by atoms with Gasteiger partial charge in [-0.2, -0.15) is 0 Å². The fourth-order valence-electron chi connectivity index (χ4n) is 3.84. The first kappa shape index (κ1) is 24.7. The Balaban J connectivity index is 1.67. The number of carbonyl (C=O) groups excluding carboxylic acids is 1. The molecule has 0 unspecified atom stereocenters. The fraction of sp³-hybridized carbons (Fsp3) is 0.393. The lowest BCUT2D eigenvalue weighted by atomic mass is 10.1. The van der Waals surface area contributed by atoms with E-state index in [-0.39, 0.29) is 5.91 Å². The number of aryl methyl sites for hydroxylation is 1. The lowest BCUT2D eigenvalue weighted by molar-refractivity contribution is -0.133. The summed E-state index contributed by atoms with van der Waals surface area (Å²) in [4.78, 5) is 17.6. The molecule has 0 fully saturated rings. The molecule has 0 N–H and O–H groups in total. The molecule has 0 saturated heterocycles. The molecule has 1 amide bonds. The van der Waals surface area contributed by atoms with Crippen LogP contribution in [0.2, 0.25) is 0 Å². The van der Waals surface area contributed by atoms with Gasteiger partial charge in [0.15, 0.2) is 0 Å². The van der Waals surface area contributed by atoms with Gasteiger partial charge in [0.2, 0.25) is 5.91 Å². The monoisotopic (exact) mass is 448 g/mol. The van der Waals surface area contributed by atoms with Gasteiger partial charge in [0.1, 0.15) is 11.5 Å². The number of carbonyl (C=O) groups is 1. The van der Waals surface area contributed by atoms with Crippen molar-refractivity contribution in [1.82, 2.24) is 9.80 Å². The van der Waals surface area contributed by atoms with Crippen LogP contribution >= 0.6 is 0 Å². The zero-order chi connectivity index (χ0) is 23.3. The third-order valence-corrected chi connectivity index (χ3v) is 5.58. The van der Waals surface area contributed by atoms with Crippen molar-refractivity contribution in [3.8, 4) is 0 Å². The molecule has 0 saturated carbocycles. The quantitative estimate of drug-likeness (QED) is 0.322. The largest absolute Gasteiger partial charge is 0.464 e. The molecule has 0 bridgehead atoms. The van der Waals surface area contributed by atoms with Crippen molar-refractivity contribution in [1.29, 1.82) is 0 Å². The maximum absolute atomic E-state index is 13.5. The van der Waals surface area contributed by atoms with Gasteiger partial charge < -0.3 is 14.1 Å². The standard InChI is InChI=1S/C28H36N2O3/c1-3-32-20-10-18-29(21-26-13-8-5-9-14-26)23-28(31)30(22-27-16-15-24(2)33-27)19-17-25-11-6-4-7-12-25/h4-9,11-16H,3,10,17-23H2,1-2H3. The van der Waals surface area contributed by atoms with Crippen LogP contribution in [0.5, 0.6) is 0 Å². The van der Waals surface area contributed by atoms with Crippen LogP contribution in [-0.4, -0.2) is 48.6 Å². The van der Waals surface area contributed by atoms with Gasteiger partial charge in [-0.1, -0.05) is 60.7 Å². The van der Waals surface area contributed by atoms with Crippen molar-refractivity contribution >= 4 is 5.91 Å². The SMILES string of the molecule is CCOCCCN(CC(=O)N(CCc1ccccc1)Cc1ccc(C)o1)Cc1ccccc1. The molecule has 0 radical (unpaired) electrons. The summed E-state index contributed by atoms with van der Waals surface area (Å²) in [6, 6.07) is 24.5. The van der Waals surface area contributed by atoms with Crippen LogP contribution in [-0.2, 0) is 29.0 Å². The first-order valence-electron chi connectivity index (χ1n) is 11.8. The molecule has 1 aromatic heterocycles. The summed E-state index contributed by atoms with van der Waals surface area (Å²) < 4.78 is 11.3. The van der Waals surface area contributed by atoms with Gasteiger partial charge in [0.25, 0.3) is 0 Å². The Morgan fingerprint density at radius 1 is 0.879 bits per heavy atom. The first-order chi connectivity index (χ1) is 16.1.